The normalized spacial score (nSPS) is 18.3. The lowest BCUT2D eigenvalue weighted by atomic mass is 10.1. The van der Waals surface area contributed by atoms with Gasteiger partial charge in [0, 0.05) is 11.5 Å². The van der Waals surface area contributed by atoms with Crippen molar-refractivity contribution in [3.8, 4) is 11.8 Å². The van der Waals surface area contributed by atoms with Gasteiger partial charge < -0.3 is 9.84 Å². The van der Waals surface area contributed by atoms with Crippen LogP contribution >= 0.6 is 11.9 Å². The summed E-state index contributed by atoms with van der Waals surface area (Å²) in [5.74, 6) is -1.85. The molecule has 1 saturated heterocycles. The van der Waals surface area contributed by atoms with Gasteiger partial charge in [0.2, 0.25) is 0 Å². The van der Waals surface area contributed by atoms with Crippen LogP contribution in [0.25, 0.3) is 0 Å². The third-order valence-corrected chi connectivity index (χ3v) is 3.67. The number of rotatable bonds is 3. The highest BCUT2D eigenvalue weighted by atomic mass is 32.2. The van der Waals surface area contributed by atoms with Crippen molar-refractivity contribution < 1.29 is 19.0 Å². The van der Waals surface area contributed by atoms with Crippen LogP contribution in [0.4, 0.5) is 4.39 Å². The van der Waals surface area contributed by atoms with E-state index in [9.17, 15) is 14.3 Å². The Kier molecular flexibility index (Phi) is 4.82. The van der Waals surface area contributed by atoms with Crippen LogP contribution in [-0.4, -0.2) is 23.7 Å². The van der Waals surface area contributed by atoms with Crippen molar-refractivity contribution in [3.05, 3.63) is 23.5 Å². The molecule has 0 bridgehead atoms. The van der Waals surface area contributed by atoms with Gasteiger partial charge in [-0.2, -0.15) is 5.26 Å². The van der Waals surface area contributed by atoms with Crippen LogP contribution in [-0.2, 0) is 9.53 Å². The lowest BCUT2D eigenvalue weighted by Crippen LogP contribution is -2.35. The number of phenolic OH excluding ortho intramolecular Hbond substituents is 1. The Balaban J connectivity index is 1.98. The molecule has 0 saturated carbocycles. The van der Waals surface area contributed by atoms with Gasteiger partial charge in [0.25, 0.3) is 5.91 Å². The summed E-state index contributed by atoms with van der Waals surface area (Å²) in [5.41, 5.74) is -0.171. The lowest BCUT2D eigenvalue weighted by Gasteiger charge is -2.21. The number of carbonyl (C=O) groups excluding carboxylic acids is 1. The summed E-state index contributed by atoms with van der Waals surface area (Å²) in [6.07, 6.45) is 2.08. The minimum absolute atomic E-state index is 0.171. The summed E-state index contributed by atoms with van der Waals surface area (Å²) in [4.78, 5) is 12.1. The van der Waals surface area contributed by atoms with E-state index in [0.717, 1.165) is 30.9 Å². The van der Waals surface area contributed by atoms with Gasteiger partial charge in [-0.25, -0.2) is 4.39 Å². The van der Waals surface area contributed by atoms with Gasteiger partial charge in [0.1, 0.15) is 12.2 Å². The van der Waals surface area contributed by atoms with Gasteiger partial charge in [-0.1, -0.05) is 0 Å². The standard InChI is InChI=1S/C13H13FN2O3S/c14-10-6-9(5-8(7-15)12(10)17)20-16-13(18)11-3-1-2-4-19-11/h5-6,11,17H,1-4H2,(H,16,18). The van der Waals surface area contributed by atoms with Crippen molar-refractivity contribution in [2.75, 3.05) is 6.61 Å². The van der Waals surface area contributed by atoms with E-state index in [0.29, 0.717) is 17.9 Å². The minimum Gasteiger partial charge on any atom is -0.504 e. The fourth-order valence-corrected chi connectivity index (χ4v) is 2.53. The number of carbonyl (C=O) groups is 1. The van der Waals surface area contributed by atoms with Crippen molar-refractivity contribution in [2.45, 2.75) is 30.3 Å². The van der Waals surface area contributed by atoms with Crippen molar-refractivity contribution in [1.82, 2.24) is 4.72 Å². The van der Waals surface area contributed by atoms with E-state index in [2.05, 4.69) is 4.72 Å². The molecule has 1 heterocycles. The van der Waals surface area contributed by atoms with E-state index in [1.54, 1.807) is 6.07 Å². The first-order valence-corrected chi connectivity index (χ1v) is 6.94. The molecule has 1 aliphatic heterocycles. The third-order valence-electron chi connectivity index (χ3n) is 2.90. The highest BCUT2D eigenvalue weighted by Gasteiger charge is 2.22. The zero-order valence-corrected chi connectivity index (χ0v) is 11.4. The molecule has 0 aromatic heterocycles. The third kappa shape index (κ3) is 3.40. The fourth-order valence-electron chi connectivity index (χ4n) is 1.84. The van der Waals surface area contributed by atoms with Crippen LogP contribution in [0.1, 0.15) is 24.8 Å². The molecule has 1 atom stereocenters. The number of nitriles is 1. The maximum absolute atomic E-state index is 13.4. The largest absolute Gasteiger partial charge is 0.504 e. The molecule has 0 spiro atoms. The van der Waals surface area contributed by atoms with Crippen molar-refractivity contribution in [3.63, 3.8) is 0 Å². The SMILES string of the molecule is N#Cc1cc(SNC(=O)C2CCCCO2)cc(F)c1O. The molecular formula is C13H13FN2O3S. The first kappa shape index (κ1) is 14.6. The first-order chi connectivity index (χ1) is 9.61. The quantitative estimate of drug-likeness (QED) is 0.835. The molecule has 0 aliphatic carbocycles. The summed E-state index contributed by atoms with van der Waals surface area (Å²) in [7, 11) is 0. The second-order valence-corrected chi connectivity index (χ2v) is 5.22. The maximum Gasteiger partial charge on any atom is 0.259 e. The molecule has 0 radical (unpaired) electrons. The Labute approximate surface area is 119 Å². The Bertz CT molecular complexity index is 553. The highest BCUT2D eigenvalue weighted by molar-refractivity contribution is 7.98. The molecule has 1 fully saturated rings. The molecule has 1 aromatic rings. The van der Waals surface area contributed by atoms with Crippen LogP contribution in [0.5, 0.6) is 5.75 Å². The highest BCUT2D eigenvalue weighted by Crippen LogP contribution is 2.27. The average molecular weight is 296 g/mol. The molecule has 2 rings (SSSR count). The summed E-state index contributed by atoms with van der Waals surface area (Å²) >= 11 is 0.893. The molecule has 5 nitrogen and oxygen atoms in total. The zero-order valence-electron chi connectivity index (χ0n) is 10.6. The van der Waals surface area contributed by atoms with Gasteiger partial charge in [0.15, 0.2) is 11.6 Å². The molecular weight excluding hydrogens is 283 g/mol. The Morgan fingerprint density at radius 1 is 1.55 bits per heavy atom. The number of ether oxygens (including phenoxy) is 1. The summed E-state index contributed by atoms with van der Waals surface area (Å²) in [6.45, 7) is 0.565. The van der Waals surface area contributed by atoms with Crippen LogP contribution < -0.4 is 4.72 Å². The number of aromatic hydroxyl groups is 1. The van der Waals surface area contributed by atoms with Gasteiger partial charge in [-0.05, 0) is 43.3 Å². The van der Waals surface area contributed by atoms with E-state index in [1.165, 1.54) is 6.07 Å². The van der Waals surface area contributed by atoms with Crippen LogP contribution in [0, 0.1) is 17.1 Å². The smallest absolute Gasteiger partial charge is 0.259 e. The minimum atomic E-state index is -0.894. The second kappa shape index (κ2) is 6.59. The fraction of sp³-hybridized carbons (Fsp3) is 0.385. The van der Waals surface area contributed by atoms with Crippen LogP contribution in [0.15, 0.2) is 17.0 Å². The van der Waals surface area contributed by atoms with E-state index in [1.807, 2.05) is 0 Å². The molecule has 2 N–H and O–H groups in total. The predicted octanol–water partition coefficient (Wildman–Crippen LogP) is 2.10. The van der Waals surface area contributed by atoms with Gasteiger partial charge >= 0.3 is 0 Å². The number of halogens is 1. The first-order valence-electron chi connectivity index (χ1n) is 6.12. The molecule has 1 unspecified atom stereocenters. The van der Waals surface area contributed by atoms with Crippen LogP contribution in [0.2, 0.25) is 0 Å². The van der Waals surface area contributed by atoms with Crippen molar-refractivity contribution in [2.24, 2.45) is 0 Å². The Morgan fingerprint density at radius 3 is 3.00 bits per heavy atom. The molecule has 7 heteroatoms. The monoisotopic (exact) mass is 296 g/mol. The van der Waals surface area contributed by atoms with E-state index in [-0.39, 0.29) is 11.5 Å². The van der Waals surface area contributed by atoms with E-state index >= 15 is 0 Å². The van der Waals surface area contributed by atoms with E-state index in [4.69, 9.17) is 10.00 Å². The molecule has 1 aromatic carbocycles. The number of nitrogens with one attached hydrogen (secondary N) is 1. The zero-order chi connectivity index (χ0) is 14.5. The average Bonchev–Trinajstić information content (AvgIpc) is 2.48. The number of hydrogen-bond acceptors (Lipinski definition) is 5. The number of phenols is 1. The van der Waals surface area contributed by atoms with Crippen molar-refractivity contribution >= 4 is 17.9 Å². The second-order valence-electron chi connectivity index (χ2n) is 4.34. The summed E-state index contributed by atoms with van der Waals surface area (Å²) < 4.78 is 21.2. The lowest BCUT2D eigenvalue weighted by molar-refractivity contribution is -0.133. The number of hydrogen-bond donors (Lipinski definition) is 2. The summed E-state index contributed by atoms with van der Waals surface area (Å²) in [6, 6.07) is 4.06. The van der Waals surface area contributed by atoms with Crippen LogP contribution in [0.3, 0.4) is 0 Å². The molecule has 1 aliphatic rings. The number of benzene rings is 1. The molecule has 106 valence electrons. The Morgan fingerprint density at radius 2 is 2.35 bits per heavy atom. The Hall–Kier alpha value is -1.78. The summed E-state index contributed by atoms with van der Waals surface area (Å²) in [5, 5.41) is 18.0. The molecule has 20 heavy (non-hydrogen) atoms. The topological polar surface area (TPSA) is 82.4 Å². The molecule has 1 amide bonds. The number of nitrogens with zero attached hydrogens (tertiary/aromatic N) is 1. The van der Waals surface area contributed by atoms with Gasteiger partial charge in [0.05, 0.1) is 5.56 Å². The maximum atomic E-state index is 13.4. The van der Waals surface area contributed by atoms with E-state index < -0.39 is 17.7 Å². The van der Waals surface area contributed by atoms with Crippen molar-refractivity contribution in [1.29, 1.82) is 5.26 Å². The predicted molar refractivity (Wildman–Crippen MR) is 70.4 cm³/mol. The number of amides is 1. The van der Waals surface area contributed by atoms with Gasteiger partial charge in [-0.15, -0.1) is 0 Å². The van der Waals surface area contributed by atoms with Gasteiger partial charge in [-0.3, -0.25) is 9.52 Å².